The van der Waals surface area contributed by atoms with E-state index >= 15 is 0 Å². The zero-order chi connectivity index (χ0) is 14.2. The van der Waals surface area contributed by atoms with Gasteiger partial charge in [-0.2, -0.15) is 0 Å². The molecule has 1 heterocycles. The van der Waals surface area contributed by atoms with Gasteiger partial charge in [-0.1, -0.05) is 17.7 Å². The first kappa shape index (κ1) is 13.1. The Morgan fingerprint density at radius 2 is 2.05 bits per heavy atom. The van der Waals surface area contributed by atoms with Gasteiger partial charge in [0.15, 0.2) is 5.78 Å². The maximum Gasteiger partial charge on any atom is 0.332 e. The summed E-state index contributed by atoms with van der Waals surface area (Å²) in [4.78, 5) is 36.4. The van der Waals surface area contributed by atoms with Gasteiger partial charge < -0.3 is 5.11 Å². The lowest BCUT2D eigenvalue weighted by Crippen LogP contribution is -2.35. The normalized spacial score (nSPS) is 10.4. The number of nitrogens with one attached hydrogen (secondary N) is 1. The van der Waals surface area contributed by atoms with E-state index in [0.717, 1.165) is 6.92 Å². The first-order chi connectivity index (χ1) is 8.91. The number of ketones is 1. The van der Waals surface area contributed by atoms with Gasteiger partial charge in [-0.3, -0.25) is 19.1 Å². The zero-order valence-electron chi connectivity index (χ0n) is 9.77. The summed E-state index contributed by atoms with van der Waals surface area (Å²) < 4.78 is 0.698. The Balaban J connectivity index is 2.85. The molecule has 7 heteroatoms. The van der Waals surface area contributed by atoms with Crippen LogP contribution in [0.5, 0.6) is 5.88 Å². The number of carbonyl (C=O) groups excluding carboxylic acids is 1. The van der Waals surface area contributed by atoms with Crippen LogP contribution in [0.15, 0.2) is 33.9 Å². The second kappa shape index (κ2) is 4.74. The van der Waals surface area contributed by atoms with Crippen LogP contribution < -0.4 is 16.4 Å². The molecule has 0 aliphatic heterocycles. The summed E-state index contributed by atoms with van der Waals surface area (Å²) in [5.41, 5.74) is -2.30. The lowest BCUT2D eigenvalue weighted by Gasteiger charge is -2.18. The van der Waals surface area contributed by atoms with Crippen molar-refractivity contribution in [3.05, 3.63) is 55.7 Å². The van der Waals surface area contributed by atoms with Crippen LogP contribution in [0.3, 0.4) is 0 Å². The van der Waals surface area contributed by atoms with Crippen molar-refractivity contribution in [2.75, 3.05) is 0 Å². The van der Waals surface area contributed by atoms with Gasteiger partial charge in [-0.25, -0.2) is 4.79 Å². The number of aromatic nitrogens is 2. The second-order valence-electron chi connectivity index (χ2n) is 3.81. The van der Waals surface area contributed by atoms with Gasteiger partial charge in [0.1, 0.15) is 0 Å². The second-order valence-corrected chi connectivity index (χ2v) is 4.25. The molecule has 0 radical (unpaired) electrons. The number of nitrogens with zero attached hydrogens (tertiary/aromatic N) is 1. The maximum absolute atomic E-state index is 12.0. The van der Waals surface area contributed by atoms with Gasteiger partial charge in [-0.05, 0) is 31.0 Å². The van der Waals surface area contributed by atoms with Crippen molar-refractivity contribution in [2.45, 2.75) is 6.92 Å². The van der Waals surface area contributed by atoms with Crippen LogP contribution in [-0.4, -0.2) is 15.3 Å². The predicted molar refractivity (Wildman–Crippen MR) is 67.1 cm³/mol. The largest absolute Gasteiger partial charge is 0.859 e. The molecule has 1 aromatic heterocycles. The van der Waals surface area contributed by atoms with Crippen molar-refractivity contribution in [2.24, 2.45) is 0 Å². The molecule has 1 N–H and O–H groups in total. The summed E-state index contributed by atoms with van der Waals surface area (Å²) in [6.45, 7) is 1.08. The van der Waals surface area contributed by atoms with Crippen molar-refractivity contribution in [1.82, 2.24) is 9.55 Å². The Morgan fingerprint density at radius 1 is 1.37 bits per heavy atom. The Labute approximate surface area is 111 Å². The highest BCUT2D eigenvalue weighted by Crippen LogP contribution is 2.17. The highest BCUT2D eigenvalue weighted by molar-refractivity contribution is 6.30. The fraction of sp³-hybridized carbons (Fsp3) is 0.0833. The summed E-state index contributed by atoms with van der Waals surface area (Å²) >= 11 is 5.78. The van der Waals surface area contributed by atoms with Crippen molar-refractivity contribution in [1.29, 1.82) is 0 Å². The van der Waals surface area contributed by atoms with E-state index in [9.17, 15) is 19.5 Å². The van der Waals surface area contributed by atoms with Crippen LogP contribution in [0.4, 0.5) is 0 Å². The molecule has 0 unspecified atom stereocenters. The number of benzene rings is 1. The molecular weight excluding hydrogens is 272 g/mol. The average Bonchev–Trinajstić information content (AvgIpc) is 2.27. The van der Waals surface area contributed by atoms with Gasteiger partial charge in [0, 0.05) is 5.02 Å². The first-order valence-corrected chi connectivity index (χ1v) is 5.63. The molecule has 0 amide bonds. The third-order valence-corrected chi connectivity index (χ3v) is 2.72. The Bertz CT molecular complexity index is 776. The predicted octanol–water partition coefficient (Wildman–Crippen LogP) is 0.455. The highest BCUT2D eigenvalue weighted by atomic mass is 35.5. The molecule has 6 nitrogen and oxygen atoms in total. The minimum atomic E-state index is -0.985. The molecule has 98 valence electrons. The van der Waals surface area contributed by atoms with E-state index < -0.39 is 28.5 Å². The molecule has 1 aromatic carbocycles. The highest BCUT2D eigenvalue weighted by Gasteiger charge is 2.13. The van der Waals surface area contributed by atoms with Crippen molar-refractivity contribution in [3.8, 4) is 11.6 Å². The summed E-state index contributed by atoms with van der Waals surface area (Å²) in [5, 5.41) is 12.4. The lowest BCUT2D eigenvalue weighted by molar-refractivity contribution is -0.278. The van der Waals surface area contributed by atoms with Crippen molar-refractivity contribution in [3.63, 3.8) is 0 Å². The summed E-state index contributed by atoms with van der Waals surface area (Å²) in [5.74, 6) is -1.66. The number of halogens is 1. The van der Waals surface area contributed by atoms with Crippen molar-refractivity contribution >= 4 is 17.4 Å². The monoisotopic (exact) mass is 279 g/mol. The van der Waals surface area contributed by atoms with E-state index in [4.69, 9.17) is 11.6 Å². The molecule has 0 spiro atoms. The van der Waals surface area contributed by atoms with Gasteiger partial charge >= 0.3 is 5.69 Å². The van der Waals surface area contributed by atoms with E-state index in [1.54, 1.807) is 12.1 Å². The van der Waals surface area contributed by atoms with Crippen molar-refractivity contribution < 1.29 is 9.90 Å². The standard InChI is InChI=1S/C12H9ClN2O4/c1-6(16)9-10(17)14-12(19)15(11(9)18)8-4-2-3-7(13)5-8/h2-5,18H,1H3,(H,14,17,19)/p-1. The molecule has 0 atom stereocenters. The Morgan fingerprint density at radius 3 is 2.63 bits per heavy atom. The van der Waals surface area contributed by atoms with Crippen LogP contribution >= 0.6 is 11.6 Å². The topological polar surface area (TPSA) is 95.0 Å². The van der Waals surface area contributed by atoms with Crippen LogP contribution in [0, 0.1) is 0 Å². The molecule has 0 aliphatic rings. The molecule has 0 aliphatic carbocycles. The minimum Gasteiger partial charge on any atom is -0.859 e. The smallest absolute Gasteiger partial charge is 0.332 e. The number of rotatable bonds is 2. The van der Waals surface area contributed by atoms with Crippen LogP contribution in [0.1, 0.15) is 17.3 Å². The minimum absolute atomic E-state index is 0.182. The van der Waals surface area contributed by atoms with Gasteiger partial charge in [0.05, 0.1) is 11.3 Å². The third kappa shape index (κ3) is 2.30. The fourth-order valence-corrected chi connectivity index (χ4v) is 1.86. The molecular formula is C12H8ClN2O4-. The molecule has 0 saturated carbocycles. The summed E-state index contributed by atoms with van der Waals surface area (Å²) in [6.07, 6.45) is 0. The molecule has 0 saturated heterocycles. The van der Waals surface area contributed by atoms with Crippen LogP contribution in [-0.2, 0) is 0 Å². The number of carbonyl (C=O) groups is 1. The SMILES string of the molecule is CC(=O)c1c([O-])n(-c2cccc(Cl)c2)c(=O)[nH]c1=O. The Hall–Kier alpha value is -2.34. The van der Waals surface area contributed by atoms with E-state index in [2.05, 4.69) is 0 Å². The zero-order valence-corrected chi connectivity index (χ0v) is 10.5. The number of Topliss-reactive ketones (excluding diaryl/α,β-unsaturated/α-hetero) is 1. The summed E-state index contributed by atoms with van der Waals surface area (Å²) in [7, 11) is 0. The molecule has 19 heavy (non-hydrogen) atoms. The maximum atomic E-state index is 12.0. The van der Waals surface area contributed by atoms with Gasteiger partial charge in [-0.15, -0.1) is 0 Å². The molecule has 0 bridgehead atoms. The van der Waals surface area contributed by atoms with Crippen LogP contribution in [0.2, 0.25) is 5.02 Å². The average molecular weight is 280 g/mol. The fourth-order valence-electron chi connectivity index (χ4n) is 1.68. The van der Waals surface area contributed by atoms with E-state index in [0.29, 0.717) is 9.59 Å². The first-order valence-electron chi connectivity index (χ1n) is 5.25. The van der Waals surface area contributed by atoms with Crippen LogP contribution in [0.25, 0.3) is 5.69 Å². The number of hydrogen-bond acceptors (Lipinski definition) is 4. The molecule has 2 rings (SSSR count). The third-order valence-electron chi connectivity index (χ3n) is 2.49. The molecule has 0 fully saturated rings. The number of aromatic amines is 1. The summed E-state index contributed by atoms with van der Waals surface area (Å²) in [6, 6.07) is 5.96. The quantitative estimate of drug-likeness (QED) is 0.808. The number of hydrogen-bond donors (Lipinski definition) is 1. The van der Waals surface area contributed by atoms with E-state index in [1.807, 2.05) is 4.98 Å². The Kier molecular flexibility index (Phi) is 3.26. The number of H-pyrrole nitrogens is 1. The lowest BCUT2D eigenvalue weighted by atomic mass is 10.2. The van der Waals surface area contributed by atoms with E-state index in [-0.39, 0.29) is 5.69 Å². The van der Waals surface area contributed by atoms with Gasteiger partial charge in [0.25, 0.3) is 5.56 Å². The van der Waals surface area contributed by atoms with E-state index in [1.165, 1.54) is 12.1 Å². The molecule has 2 aromatic rings. The van der Waals surface area contributed by atoms with Gasteiger partial charge in [0.2, 0.25) is 0 Å².